The van der Waals surface area contributed by atoms with E-state index in [0.29, 0.717) is 11.3 Å². The molecular formula is C14H12N4O3S. The Bertz CT molecular complexity index is 874. The van der Waals surface area contributed by atoms with E-state index in [1.807, 2.05) is 18.2 Å². The molecule has 0 spiro atoms. The van der Waals surface area contributed by atoms with Crippen LogP contribution in [0.1, 0.15) is 0 Å². The van der Waals surface area contributed by atoms with Crippen molar-refractivity contribution in [2.45, 2.75) is 4.90 Å². The number of anilines is 2. The Balaban J connectivity index is 1.84. The third kappa shape index (κ3) is 2.91. The van der Waals surface area contributed by atoms with Crippen LogP contribution in [0.2, 0.25) is 0 Å². The van der Waals surface area contributed by atoms with Crippen molar-refractivity contribution < 1.29 is 12.8 Å². The minimum atomic E-state index is -3.80. The predicted molar refractivity (Wildman–Crippen MR) is 81.4 cm³/mol. The van der Waals surface area contributed by atoms with Crippen LogP contribution in [0, 0.1) is 0 Å². The van der Waals surface area contributed by atoms with Crippen LogP contribution in [0.5, 0.6) is 0 Å². The molecule has 0 aliphatic rings. The lowest BCUT2D eigenvalue weighted by molar-refractivity contribution is 0.577. The number of nitrogens with one attached hydrogen (secondary N) is 1. The maximum Gasteiger partial charge on any atom is 0.330 e. The molecule has 0 saturated heterocycles. The van der Waals surface area contributed by atoms with Gasteiger partial charge in [-0.2, -0.15) is 0 Å². The van der Waals surface area contributed by atoms with E-state index in [2.05, 4.69) is 14.9 Å². The van der Waals surface area contributed by atoms with Gasteiger partial charge in [0.05, 0.1) is 4.90 Å². The Labute approximate surface area is 126 Å². The number of nitrogens with zero attached hydrogens (tertiary/aromatic N) is 2. The number of nitrogens with two attached hydrogens (primary N) is 1. The zero-order chi connectivity index (χ0) is 15.6. The van der Waals surface area contributed by atoms with Crippen LogP contribution < -0.4 is 10.5 Å². The maximum absolute atomic E-state index is 12.2. The van der Waals surface area contributed by atoms with Crippen LogP contribution in [0.3, 0.4) is 0 Å². The monoisotopic (exact) mass is 316 g/mol. The third-order valence-corrected chi connectivity index (χ3v) is 4.19. The van der Waals surface area contributed by atoms with Crippen LogP contribution in [0.4, 0.5) is 11.7 Å². The SMILES string of the molecule is Nc1ccc(S(=O)(=O)Nc2nnc(-c3ccccc3)o2)cc1. The molecule has 8 heteroatoms. The molecule has 112 valence electrons. The molecule has 0 atom stereocenters. The normalized spacial score (nSPS) is 11.3. The number of rotatable bonds is 4. The lowest BCUT2D eigenvalue weighted by atomic mass is 10.2. The summed E-state index contributed by atoms with van der Waals surface area (Å²) in [6.07, 6.45) is 0. The molecule has 0 saturated carbocycles. The van der Waals surface area contributed by atoms with E-state index in [1.165, 1.54) is 24.3 Å². The van der Waals surface area contributed by atoms with Gasteiger partial charge in [-0.3, -0.25) is 0 Å². The van der Waals surface area contributed by atoms with Gasteiger partial charge in [0.2, 0.25) is 5.89 Å². The van der Waals surface area contributed by atoms with Gasteiger partial charge in [-0.1, -0.05) is 23.3 Å². The first-order valence-corrected chi connectivity index (χ1v) is 7.80. The van der Waals surface area contributed by atoms with Gasteiger partial charge in [0.1, 0.15) is 0 Å². The van der Waals surface area contributed by atoms with E-state index in [4.69, 9.17) is 10.2 Å². The van der Waals surface area contributed by atoms with E-state index in [1.54, 1.807) is 12.1 Å². The predicted octanol–water partition coefficient (Wildman–Crippen LogP) is 2.12. The van der Waals surface area contributed by atoms with Crippen LogP contribution in [-0.2, 0) is 10.0 Å². The second kappa shape index (κ2) is 5.49. The molecule has 3 rings (SSSR count). The fourth-order valence-electron chi connectivity index (χ4n) is 1.78. The van der Waals surface area contributed by atoms with Gasteiger partial charge in [0, 0.05) is 11.3 Å². The van der Waals surface area contributed by atoms with E-state index >= 15 is 0 Å². The average molecular weight is 316 g/mol. The molecule has 7 nitrogen and oxygen atoms in total. The van der Waals surface area contributed by atoms with Crippen LogP contribution in [0.15, 0.2) is 63.9 Å². The Morgan fingerprint density at radius 3 is 2.32 bits per heavy atom. The second-order valence-corrected chi connectivity index (χ2v) is 6.14. The zero-order valence-corrected chi connectivity index (χ0v) is 12.1. The highest BCUT2D eigenvalue weighted by molar-refractivity contribution is 7.92. The molecule has 0 aliphatic carbocycles. The molecule has 2 aromatic carbocycles. The Morgan fingerprint density at radius 2 is 1.64 bits per heavy atom. The highest BCUT2D eigenvalue weighted by Gasteiger charge is 2.18. The maximum atomic E-state index is 12.2. The summed E-state index contributed by atoms with van der Waals surface area (Å²) in [7, 11) is -3.80. The van der Waals surface area contributed by atoms with Crippen molar-refractivity contribution in [1.29, 1.82) is 0 Å². The molecule has 3 aromatic rings. The minimum Gasteiger partial charge on any atom is -0.403 e. The average Bonchev–Trinajstić information content (AvgIpc) is 2.96. The number of hydrogen-bond acceptors (Lipinski definition) is 6. The van der Waals surface area contributed by atoms with E-state index in [9.17, 15) is 8.42 Å². The molecule has 22 heavy (non-hydrogen) atoms. The summed E-state index contributed by atoms with van der Waals surface area (Å²) in [5.41, 5.74) is 6.71. The summed E-state index contributed by atoms with van der Waals surface area (Å²) >= 11 is 0. The molecular weight excluding hydrogens is 304 g/mol. The third-order valence-electron chi connectivity index (χ3n) is 2.86. The van der Waals surface area contributed by atoms with Gasteiger partial charge < -0.3 is 10.2 Å². The Hall–Kier alpha value is -2.87. The highest BCUT2D eigenvalue weighted by Crippen LogP contribution is 2.21. The van der Waals surface area contributed by atoms with Gasteiger partial charge in [-0.05, 0) is 36.4 Å². The topological polar surface area (TPSA) is 111 Å². The molecule has 0 unspecified atom stereocenters. The zero-order valence-electron chi connectivity index (χ0n) is 11.3. The lowest BCUT2D eigenvalue weighted by Gasteiger charge is -2.04. The number of hydrogen-bond donors (Lipinski definition) is 2. The number of aromatic nitrogens is 2. The van der Waals surface area contributed by atoms with E-state index in [-0.39, 0.29) is 16.8 Å². The van der Waals surface area contributed by atoms with Crippen molar-refractivity contribution in [2.24, 2.45) is 0 Å². The van der Waals surface area contributed by atoms with Crippen molar-refractivity contribution in [3.63, 3.8) is 0 Å². The smallest absolute Gasteiger partial charge is 0.330 e. The fourth-order valence-corrected chi connectivity index (χ4v) is 2.71. The Kier molecular flexibility index (Phi) is 3.51. The van der Waals surface area contributed by atoms with Crippen molar-refractivity contribution in [2.75, 3.05) is 10.5 Å². The van der Waals surface area contributed by atoms with E-state index < -0.39 is 10.0 Å². The molecule has 0 aliphatic heterocycles. The van der Waals surface area contributed by atoms with Crippen LogP contribution in [-0.4, -0.2) is 18.6 Å². The van der Waals surface area contributed by atoms with Crippen molar-refractivity contribution in [1.82, 2.24) is 10.2 Å². The Morgan fingerprint density at radius 1 is 0.955 bits per heavy atom. The number of benzene rings is 2. The number of nitrogen functional groups attached to an aromatic ring is 1. The highest BCUT2D eigenvalue weighted by atomic mass is 32.2. The van der Waals surface area contributed by atoms with Crippen LogP contribution in [0.25, 0.3) is 11.5 Å². The first kappa shape index (κ1) is 14.1. The van der Waals surface area contributed by atoms with Gasteiger partial charge >= 0.3 is 6.01 Å². The minimum absolute atomic E-state index is 0.0566. The summed E-state index contributed by atoms with van der Waals surface area (Å²) in [5, 5.41) is 7.50. The van der Waals surface area contributed by atoms with Gasteiger partial charge in [-0.15, -0.1) is 5.10 Å². The number of sulfonamides is 1. The quantitative estimate of drug-likeness (QED) is 0.713. The summed E-state index contributed by atoms with van der Waals surface area (Å²) < 4.78 is 31.9. The standard InChI is InChI=1S/C14H12N4O3S/c15-11-6-8-12(9-7-11)22(19,20)18-14-17-16-13(21-14)10-4-2-1-3-5-10/h1-9H,15H2,(H,17,18). The molecule has 1 aromatic heterocycles. The molecule has 0 amide bonds. The second-order valence-electron chi connectivity index (χ2n) is 4.45. The van der Waals surface area contributed by atoms with Crippen molar-refractivity contribution in [3.05, 3.63) is 54.6 Å². The molecule has 0 fully saturated rings. The van der Waals surface area contributed by atoms with Gasteiger partial charge in [-0.25, -0.2) is 13.1 Å². The molecule has 1 heterocycles. The van der Waals surface area contributed by atoms with Crippen molar-refractivity contribution in [3.8, 4) is 11.5 Å². The summed E-state index contributed by atoms with van der Waals surface area (Å²) in [4.78, 5) is 0.0566. The molecule has 0 bridgehead atoms. The molecule has 3 N–H and O–H groups in total. The van der Waals surface area contributed by atoms with Gasteiger partial charge in [0.25, 0.3) is 10.0 Å². The first-order valence-electron chi connectivity index (χ1n) is 6.32. The molecule has 0 radical (unpaired) electrons. The van der Waals surface area contributed by atoms with Crippen molar-refractivity contribution >= 4 is 21.7 Å². The summed E-state index contributed by atoms with van der Waals surface area (Å²) in [6.45, 7) is 0. The summed E-state index contributed by atoms with van der Waals surface area (Å²) in [5.74, 6) is 0.232. The summed E-state index contributed by atoms with van der Waals surface area (Å²) in [6, 6.07) is 14.6. The van der Waals surface area contributed by atoms with Gasteiger partial charge in [0.15, 0.2) is 0 Å². The van der Waals surface area contributed by atoms with E-state index in [0.717, 1.165) is 0 Å². The largest absolute Gasteiger partial charge is 0.403 e. The first-order chi connectivity index (χ1) is 10.5. The van der Waals surface area contributed by atoms with Crippen LogP contribution >= 0.6 is 0 Å². The lowest BCUT2D eigenvalue weighted by Crippen LogP contribution is -2.13. The fraction of sp³-hybridized carbons (Fsp3) is 0.